The summed E-state index contributed by atoms with van der Waals surface area (Å²) >= 11 is 0. The Balaban J connectivity index is 1.78. The highest BCUT2D eigenvalue weighted by Crippen LogP contribution is 2.23. The topological polar surface area (TPSA) is 87.5 Å². The maximum Gasteiger partial charge on any atom is 0.119 e. The number of ether oxygens (including phenoxy) is 1. The number of amidine groups is 1. The molecule has 0 saturated heterocycles. The number of aliphatic imine (C=N–C) groups is 1. The number of hydrogen-bond acceptors (Lipinski definition) is 4. The summed E-state index contributed by atoms with van der Waals surface area (Å²) in [5.41, 5.74) is 14.4. The SMILES string of the molecule is CCCCCN=C(N)CNNCc1c[nH]c2ccc(OC)cc12. The standard InChI is InChI=1S/C17H27N5O/c1-3-4-5-8-19-17(18)12-22-21-11-13-10-20-16-7-6-14(23-2)9-15(13)16/h6-7,9-10,20-22H,3-5,8,11-12H2,1-2H3,(H2,18,19). The zero-order valence-corrected chi connectivity index (χ0v) is 14.0. The van der Waals surface area contributed by atoms with E-state index in [1.54, 1.807) is 7.11 Å². The summed E-state index contributed by atoms with van der Waals surface area (Å²) in [6, 6.07) is 6.00. The number of aromatic nitrogens is 1. The molecule has 6 heteroatoms. The van der Waals surface area contributed by atoms with Crippen LogP contribution in [0.15, 0.2) is 29.4 Å². The zero-order valence-electron chi connectivity index (χ0n) is 14.0. The predicted molar refractivity (Wildman–Crippen MR) is 95.7 cm³/mol. The minimum Gasteiger partial charge on any atom is -0.497 e. The third kappa shape index (κ3) is 5.26. The Hall–Kier alpha value is -2.05. The van der Waals surface area contributed by atoms with E-state index in [0.717, 1.165) is 29.6 Å². The molecule has 0 bridgehead atoms. The van der Waals surface area contributed by atoms with Gasteiger partial charge in [0.2, 0.25) is 0 Å². The van der Waals surface area contributed by atoms with E-state index in [-0.39, 0.29) is 0 Å². The van der Waals surface area contributed by atoms with E-state index in [1.165, 1.54) is 18.4 Å². The van der Waals surface area contributed by atoms with Crippen molar-refractivity contribution in [1.29, 1.82) is 0 Å². The number of nitrogens with zero attached hydrogens (tertiary/aromatic N) is 1. The summed E-state index contributed by atoms with van der Waals surface area (Å²) in [6.45, 7) is 4.22. The molecule has 0 aliphatic rings. The van der Waals surface area contributed by atoms with Crippen molar-refractivity contribution >= 4 is 16.7 Å². The molecule has 1 aromatic heterocycles. The average molecular weight is 317 g/mol. The number of methoxy groups -OCH3 is 1. The summed E-state index contributed by atoms with van der Waals surface area (Å²) in [4.78, 5) is 7.60. The summed E-state index contributed by atoms with van der Waals surface area (Å²) in [7, 11) is 1.68. The number of fused-ring (bicyclic) bond motifs is 1. The lowest BCUT2D eigenvalue weighted by atomic mass is 10.1. The van der Waals surface area contributed by atoms with Gasteiger partial charge in [-0.1, -0.05) is 19.8 Å². The van der Waals surface area contributed by atoms with Crippen molar-refractivity contribution in [3.63, 3.8) is 0 Å². The van der Waals surface area contributed by atoms with Crippen molar-refractivity contribution in [1.82, 2.24) is 15.8 Å². The van der Waals surface area contributed by atoms with Crippen LogP contribution in [0.3, 0.4) is 0 Å². The highest BCUT2D eigenvalue weighted by atomic mass is 16.5. The van der Waals surface area contributed by atoms with Gasteiger partial charge in [0.15, 0.2) is 0 Å². The fourth-order valence-electron chi connectivity index (χ4n) is 2.38. The van der Waals surface area contributed by atoms with Gasteiger partial charge in [0.1, 0.15) is 11.6 Å². The second-order valence-electron chi connectivity index (χ2n) is 5.51. The Morgan fingerprint density at radius 1 is 1.30 bits per heavy atom. The molecular formula is C17H27N5O. The molecule has 1 heterocycles. The first-order valence-electron chi connectivity index (χ1n) is 8.13. The molecule has 126 valence electrons. The lowest BCUT2D eigenvalue weighted by Gasteiger charge is -2.07. The molecule has 0 aliphatic heterocycles. The Bertz CT molecular complexity index is 635. The molecule has 0 fully saturated rings. The number of nitrogens with one attached hydrogen (secondary N) is 3. The first kappa shape index (κ1) is 17.3. The third-order valence-corrected chi connectivity index (χ3v) is 3.72. The Kier molecular flexibility index (Phi) is 6.90. The molecule has 2 rings (SSSR count). The molecule has 0 atom stereocenters. The van der Waals surface area contributed by atoms with E-state index in [1.807, 2.05) is 24.4 Å². The lowest BCUT2D eigenvalue weighted by molar-refractivity contribution is 0.415. The number of H-pyrrole nitrogens is 1. The first-order valence-corrected chi connectivity index (χ1v) is 8.13. The number of benzene rings is 1. The summed E-state index contributed by atoms with van der Waals surface area (Å²) in [6.07, 6.45) is 5.50. The number of hydrazine groups is 1. The highest BCUT2D eigenvalue weighted by molar-refractivity contribution is 5.84. The third-order valence-electron chi connectivity index (χ3n) is 3.72. The summed E-state index contributed by atoms with van der Waals surface area (Å²) in [5, 5.41) is 1.15. The average Bonchev–Trinajstić information content (AvgIpc) is 2.97. The molecule has 2 aromatic rings. The second-order valence-corrected chi connectivity index (χ2v) is 5.51. The highest BCUT2D eigenvalue weighted by Gasteiger charge is 2.04. The van der Waals surface area contributed by atoms with Crippen molar-refractivity contribution in [2.45, 2.75) is 32.7 Å². The van der Waals surface area contributed by atoms with E-state index in [9.17, 15) is 0 Å². The molecule has 23 heavy (non-hydrogen) atoms. The van der Waals surface area contributed by atoms with Gasteiger partial charge in [-0.05, 0) is 30.2 Å². The Morgan fingerprint density at radius 3 is 2.96 bits per heavy atom. The van der Waals surface area contributed by atoms with Gasteiger partial charge >= 0.3 is 0 Å². The number of hydrogen-bond donors (Lipinski definition) is 4. The van der Waals surface area contributed by atoms with Crippen LogP contribution in [0, 0.1) is 0 Å². The molecule has 0 aliphatic carbocycles. The maximum absolute atomic E-state index is 5.87. The van der Waals surface area contributed by atoms with Gasteiger partial charge in [-0.3, -0.25) is 10.4 Å². The predicted octanol–water partition coefficient (Wildman–Crippen LogP) is 2.32. The number of rotatable bonds is 10. The van der Waals surface area contributed by atoms with Crippen molar-refractivity contribution in [3.05, 3.63) is 30.0 Å². The number of aromatic amines is 1. The van der Waals surface area contributed by atoms with Crippen molar-refractivity contribution in [2.75, 3.05) is 20.2 Å². The molecule has 0 saturated carbocycles. The molecule has 0 spiro atoms. The molecular weight excluding hydrogens is 290 g/mol. The summed E-state index contributed by atoms with van der Waals surface area (Å²) in [5.74, 6) is 1.49. The van der Waals surface area contributed by atoms with Gasteiger partial charge in [-0.2, -0.15) is 0 Å². The lowest BCUT2D eigenvalue weighted by Crippen LogP contribution is -2.38. The molecule has 6 nitrogen and oxygen atoms in total. The molecule has 0 amide bonds. The molecule has 5 N–H and O–H groups in total. The minimum absolute atomic E-state index is 0.539. The van der Waals surface area contributed by atoms with Gasteiger partial charge < -0.3 is 15.5 Å². The fourth-order valence-corrected chi connectivity index (χ4v) is 2.38. The molecule has 0 radical (unpaired) electrons. The second kappa shape index (κ2) is 9.17. The van der Waals surface area contributed by atoms with Gasteiger partial charge in [0.25, 0.3) is 0 Å². The Morgan fingerprint density at radius 2 is 2.17 bits per heavy atom. The summed E-state index contributed by atoms with van der Waals surface area (Å²) < 4.78 is 5.28. The van der Waals surface area contributed by atoms with Gasteiger partial charge in [-0.15, -0.1) is 0 Å². The van der Waals surface area contributed by atoms with Gasteiger partial charge in [-0.25, -0.2) is 5.43 Å². The fraction of sp³-hybridized carbons (Fsp3) is 0.471. The van der Waals surface area contributed by atoms with Gasteiger partial charge in [0.05, 0.1) is 13.7 Å². The van der Waals surface area contributed by atoms with Crippen molar-refractivity contribution < 1.29 is 4.74 Å². The van der Waals surface area contributed by atoms with Crippen LogP contribution in [0.25, 0.3) is 10.9 Å². The minimum atomic E-state index is 0.539. The van der Waals surface area contributed by atoms with Crippen molar-refractivity contribution in [2.24, 2.45) is 10.7 Å². The van der Waals surface area contributed by atoms with Crippen LogP contribution in [0.2, 0.25) is 0 Å². The van der Waals surface area contributed by atoms with E-state index in [4.69, 9.17) is 10.5 Å². The van der Waals surface area contributed by atoms with E-state index < -0.39 is 0 Å². The maximum atomic E-state index is 5.87. The van der Waals surface area contributed by atoms with Crippen LogP contribution in [0.5, 0.6) is 5.75 Å². The zero-order chi connectivity index (χ0) is 16.5. The van der Waals surface area contributed by atoms with E-state index in [0.29, 0.717) is 18.9 Å². The first-order chi connectivity index (χ1) is 11.2. The normalized spacial score (nSPS) is 12.0. The monoisotopic (exact) mass is 317 g/mol. The van der Waals surface area contributed by atoms with Crippen LogP contribution in [0.4, 0.5) is 0 Å². The largest absolute Gasteiger partial charge is 0.497 e. The molecule has 0 unspecified atom stereocenters. The van der Waals surface area contributed by atoms with Crippen LogP contribution >= 0.6 is 0 Å². The van der Waals surface area contributed by atoms with Crippen LogP contribution in [0.1, 0.15) is 31.7 Å². The van der Waals surface area contributed by atoms with Crippen molar-refractivity contribution in [3.8, 4) is 5.75 Å². The van der Waals surface area contributed by atoms with Crippen LogP contribution in [-0.2, 0) is 6.54 Å². The number of unbranched alkanes of at least 4 members (excludes halogenated alkanes) is 2. The molecule has 1 aromatic carbocycles. The van der Waals surface area contributed by atoms with Crippen LogP contribution < -0.4 is 21.3 Å². The number of nitrogens with two attached hydrogens (primary N) is 1. The smallest absolute Gasteiger partial charge is 0.119 e. The Labute approximate surface area is 137 Å². The van der Waals surface area contributed by atoms with E-state index in [2.05, 4.69) is 27.8 Å². The van der Waals surface area contributed by atoms with Gasteiger partial charge in [0, 0.05) is 30.2 Å². The quantitative estimate of drug-likeness (QED) is 0.234. The van der Waals surface area contributed by atoms with E-state index >= 15 is 0 Å². The van der Waals surface area contributed by atoms with Crippen LogP contribution in [-0.4, -0.2) is 31.0 Å².